The summed E-state index contributed by atoms with van der Waals surface area (Å²) in [5.41, 5.74) is -10.0. The van der Waals surface area contributed by atoms with Crippen molar-refractivity contribution in [3.8, 4) is 0 Å². The number of fused-ring (bicyclic) bond motifs is 1. The van der Waals surface area contributed by atoms with Gasteiger partial charge in [0, 0.05) is 22.5 Å². The summed E-state index contributed by atoms with van der Waals surface area (Å²) >= 11 is 0. The van der Waals surface area contributed by atoms with Crippen LogP contribution in [0.2, 0.25) is 0 Å². The van der Waals surface area contributed by atoms with Crippen molar-refractivity contribution >= 4 is 22.7 Å². The van der Waals surface area contributed by atoms with Crippen LogP contribution in [0, 0.1) is 0 Å². The van der Waals surface area contributed by atoms with Gasteiger partial charge in [0.15, 0.2) is 5.66 Å². The van der Waals surface area contributed by atoms with Gasteiger partial charge in [-0.1, -0.05) is 109 Å². The summed E-state index contributed by atoms with van der Waals surface area (Å²) in [5.74, 6) is 0. The summed E-state index contributed by atoms with van der Waals surface area (Å²) in [5, 5.41) is 0. The number of rotatable bonds is 4. The molecule has 2 heteroatoms. The van der Waals surface area contributed by atoms with Crippen LogP contribution in [0.25, 0.3) is 0 Å². The Morgan fingerprint density at radius 2 is 0.697 bits per heavy atom. The molecule has 0 fully saturated rings. The van der Waals surface area contributed by atoms with Gasteiger partial charge in [-0.05, 0) is 36.3 Å². The Bertz CT molecular complexity index is 2360. The van der Waals surface area contributed by atoms with Crippen molar-refractivity contribution in [1.82, 2.24) is 0 Å². The molecule has 0 bridgehead atoms. The Kier molecular flexibility index (Phi) is 1.60. The Hall–Kier alpha value is -4.30. The first-order valence-corrected chi connectivity index (χ1v) is 9.34. The van der Waals surface area contributed by atoms with Gasteiger partial charge in [0.05, 0.1) is 44.3 Å². The van der Waals surface area contributed by atoms with E-state index in [1.807, 2.05) is 0 Å². The zero-order chi connectivity index (χ0) is 43.0. The molecule has 6 rings (SSSR count). The first kappa shape index (κ1) is 6.61. The summed E-state index contributed by atoms with van der Waals surface area (Å²) in [4.78, 5) is 0.867. The number of hydrogen-bond donors (Lipinski definition) is 0. The fourth-order valence-electron chi connectivity index (χ4n) is 3.72. The van der Waals surface area contributed by atoms with E-state index in [0.29, 0.717) is 9.80 Å². The van der Waals surface area contributed by atoms with E-state index in [4.69, 9.17) is 24.7 Å². The second-order valence-electron chi connectivity index (χ2n) is 6.49. The molecule has 0 aromatic heterocycles. The number of anilines is 4. The third-order valence-corrected chi connectivity index (χ3v) is 4.86. The van der Waals surface area contributed by atoms with E-state index in [9.17, 15) is 8.22 Å². The zero-order valence-corrected chi connectivity index (χ0v) is 16.4. The lowest BCUT2D eigenvalue weighted by molar-refractivity contribution is 0.559. The van der Waals surface area contributed by atoms with Crippen LogP contribution in [0.1, 0.15) is 44.0 Å². The maximum Gasteiger partial charge on any atom is 0.175 e. The van der Waals surface area contributed by atoms with Gasteiger partial charge < -0.3 is 9.80 Å². The smallest absolute Gasteiger partial charge is 0.175 e. The minimum absolute atomic E-state index is 0.433. The minimum atomic E-state index is -3.54. The molecule has 1 heterocycles. The van der Waals surface area contributed by atoms with Crippen LogP contribution in [0.3, 0.4) is 0 Å². The van der Waals surface area contributed by atoms with Crippen molar-refractivity contribution < 1.29 is 32.9 Å². The van der Waals surface area contributed by atoms with Crippen molar-refractivity contribution in [2.75, 3.05) is 9.80 Å². The van der Waals surface area contributed by atoms with Crippen LogP contribution >= 0.6 is 0 Å². The largest absolute Gasteiger partial charge is 0.308 e. The molecule has 0 aliphatic carbocycles. The van der Waals surface area contributed by atoms with E-state index in [1.54, 1.807) is 0 Å². The van der Waals surface area contributed by atoms with Gasteiger partial charge in [0.1, 0.15) is 0 Å². The topological polar surface area (TPSA) is 6.48 Å². The molecule has 33 heavy (non-hydrogen) atoms. The zero-order valence-electron chi connectivity index (χ0n) is 40.4. The lowest BCUT2D eigenvalue weighted by Gasteiger charge is -2.47. The first-order valence-electron chi connectivity index (χ1n) is 21.3. The standard InChI is InChI=1S/C31H24N2/c1-5-15-25(16-6-1)31(26-17-7-2-8-18-26)32(27-19-9-3-10-20-27)29-23-13-14-24-30(29)33(31)28-21-11-4-12-22-28/h1-24H/i1D,2D,3D,4D,5D,6D,7D,8D,9D,10D,11D,12D,13D,14D,15D,16D,17D,18D,19D,20D,21D,22D,23D,24D. The predicted octanol–water partition coefficient (Wildman–Crippen LogP) is 7.88. The number of para-hydroxylation sites is 4. The Morgan fingerprint density at radius 3 is 1.06 bits per heavy atom. The monoisotopic (exact) mass is 448 g/mol. The fraction of sp³-hybridized carbons (Fsp3) is 0.0323. The fourth-order valence-corrected chi connectivity index (χ4v) is 3.72. The summed E-state index contributed by atoms with van der Waals surface area (Å²) in [6, 6.07) is -27.2. The minimum Gasteiger partial charge on any atom is -0.308 e. The summed E-state index contributed by atoms with van der Waals surface area (Å²) in [7, 11) is 0. The quantitative estimate of drug-likeness (QED) is 0.276. The van der Waals surface area contributed by atoms with Gasteiger partial charge in [-0.15, -0.1) is 0 Å². The normalized spacial score (nSPS) is 24.4. The van der Waals surface area contributed by atoms with Gasteiger partial charge in [-0.3, -0.25) is 0 Å². The van der Waals surface area contributed by atoms with Crippen LogP contribution in [0.5, 0.6) is 0 Å². The Labute approximate surface area is 228 Å². The second kappa shape index (κ2) is 7.99. The second-order valence-corrected chi connectivity index (χ2v) is 6.49. The van der Waals surface area contributed by atoms with Gasteiger partial charge in [0.2, 0.25) is 0 Å². The van der Waals surface area contributed by atoms with Crippen molar-refractivity contribution in [3.63, 3.8) is 0 Å². The molecule has 0 spiro atoms. The highest BCUT2D eigenvalue weighted by Gasteiger charge is 2.53. The molecule has 5 aromatic rings. The lowest BCUT2D eigenvalue weighted by Crippen LogP contribution is -2.51. The molecule has 0 saturated heterocycles. The van der Waals surface area contributed by atoms with E-state index >= 15 is 0 Å². The van der Waals surface area contributed by atoms with Gasteiger partial charge in [0.25, 0.3) is 0 Å². The highest BCUT2D eigenvalue weighted by Crippen LogP contribution is 2.59. The number of benzene rings is 5. The molecule has 2 nitrogen and oxygen atoms in total. The average molecular weight is 449 g/mol. The molecule has 0 unspecified atom stereocenters. The molecule has 0 N–H and O–H groups in total. The molecule has 5 aromatic carbocycles. The van der Waals surface area contributed by atoms with E-state index in [2.05, 4.69) is 0 Å². The number of nitrogens with zero attached hydrogens (tertiary/aromatic N) is 2. The highest BCUT2D eigenvalue weighted by atomic mass is 15.5. The van der Waals surface area contributed by atoms with Crippen LogP contribution < -0.4 is 9.80 Å². The molecule has 0 saturated carbocycles. The molecular weight excluding hydrogens is 400 g/mol. The highest BCUT2D eigenvalue weighted by molar-refractivity contribution is 5.92. The third-order valence-electron chi connectivity index (χ3n) is 4.86. The lowest BCUT2D eigenvalue weighted by atomic mass is 9.87. The first-order chi connectivity index (χ1) is 26.3. The summed E-state index contributed by atoms with van der Waals surface area (Å²) in [6.07, 6.45) is 0. The Balaban J connectivity index is 2.18. The van der Waals surface area contributed by atoms with Gasteiger partial charge in [-0.2, -0.15) is 0 Å². The Morgan fingerprint density at radius 1 is 0.394 bits per heavy atom. The molecule has 0 radical (unpaired) electrons. The van der Waals surface area contributed by atoms with Crippen LogP contribution in [-0.2, 0) is 5.66 Å². The maximum atomic E-state index is 9.28. The average Bonchev–Trinajstić information content (AvgIpc) is 3.47. The van der Waals surface area contributed by atoms with Crippen molar-refractivity contribution in [2.45, 2.75) is 5.66 Å². The predicted molar refractivity (Wildman–Crippen MR) is 137 cm³/mol. The molecular formula is C31H24N2. The van der Waals surface area contributed by atoms with Crippen LogP contribution in [0.15, 0.2) is 145 Å². The van der Waals surface area contributed by atoms with Crippen molar-refractivity contribution in [3.05, 3.63) is 156 Å². The third kappa shape index (κ3) is 2.95. The molecule has 1 aliphatic rings. The van der Waals surface area contributed by atoms with Gasteiger partial charge >= 0.3 is 0 Å². The van der Waals surface area contributed by atoms with Crippen LogP contribution in [-0.4, -0.2) is 0 Å². The van der Waals surface area contributed by atoms with Crippen LogP contribution in [0.4, 0.5) is 22.7 Å². The summed E-state index contributed by atoms with van der Waals surface area (Å²) in [6.45, 7) is 0. The SMILES string of the molecule is [2H]c1c([2H])c([2H])c(N2c3c([2H])c([2H])c([2H])c([2H])c3N(c3c([2H])c([2H])c([2H])c([2H])c3[2H])C2(c2c([2H])c([2H])c([2H])c([2H])c2[2H])c2c([2H])c([2H])c([2H])c([2H])c2[2H])c([2H])c1[2H]. The molecule has 1 aliphatic heterocycles. The summed E-state index contributed by atoms with van der Waals surface area (Å²) < 4.78 is 212. The van der Waals surface area contributed by atoms with E-state index in [-0.39, 0.29) is 0 Å². The van der Waals surface area contributed by atoms with Gasteiger partial charge in [-0.25, -0.2) is 0 Å². The molecule has 158 valence electrons. The molecule has 0 amide bonds. The van der Waals surface area contributed by atoms with Crippen molar-refractivity contribution in [1.29, 1.82) is 0 Å². The van der Waals surface area contributed by atoms with Crippen molar-refractivity contribution in [2.24, 2.45) is 0 Å². The van der Waals surface area contributed by atoms with E-state index in [1.165, 1.54) is 0 Å². The number of hydrogen-bond acceptors (Lipinski definition) is 2. The van der Waals surface area contributed by atoms with E-state index < -0.39 is 185 Å². The molecule has 0 atom stereocenters. The maximum absolute atomic E-state index is 9.28. The van der Waals surface area contributed by atoms with E-state index in [0.717, 1.165) is 0 Å².